The Morgan fingerprint density at radius 1 is 1.25 bits per heavy atom. The number of amidine groups is 1. The Hall–Kier alpha value is -2.15. The minimum Gasteiger partial charge on any atom is -0.267 e. The minimum absolute atomic E-state index is 0.114. The zero-order valence-corrected chi connectivity index (χ0v) is 15.3. The number of hydrogen-bond acceptors (Lipinski definition) is 4. The lowest BCUT2D eigenvalue weighted by atomic mass is 10.1. The van der Waals surface area contributed by atoms with Crippen LogP contribution in [0.25, 0.3) is 0 Å². The number of fused-ring (bicyclic) bond motifs is 1. The third-order valence-electron chi connectivity index (χ3n) is 4.06. The molecule has 128 valence electrons. The van der Waals surface area contributed by atoms with Gasteiger partial charge < -0.3 is 0 Å². The second-order valence-corrected chi connectivity index (χ2v) is 8.69. The van der Waals surface area contributed by atoms with E-state index in [0.29, 0.717) is 11.4 Å². The van der Waals surface area contributed by atoms with Crippen molar-refractivity contribution in [1.82, 2.24) is 14.5 Å². The SMILES string of the molecule is Cc1nn(C(C)(C)C)cc1C(C)N=C1NS(=O)(=O)c2ccccc21. The van der Waals surface area contributed by atoms with Gasteiger partial charge in [-0.05, 0) is 46.8 Å². The maximum absolute atomic E-state index is 12.2. The van der Waals surface area contributed by atoms with E-state index in [9.17, 15) is 8.42 Å². The van der Waals surface area contributed by atoms with Crippen LogP contribution in [0.1, 0.15) is 50.6 Å². The molecule has 2 aromatic rings. The predicted molar refractivity (Wildman–Crippen MR) is 93.7 cm³/mol. The lowest BCUT2D eigenvalue weighted by Gasteiger charge is -2.18. The molecule has 1 aliphatic heterocycles. The quantitative estimate of drug-likeness (QED) is 0.908. The molecular weight excluding hydrogens is 324 g/mol. The van der Waals surface area contributed by atoms with Gasteiger partial charge in [0.1, 0.15) is 5.84 Å². The van der Waals surface area contributed by atoms with Crippen molar-refractivity contribution in [2.24, 2.45) is 4.99 Å². The Balaban J connectivity index is 2.00. The highest BCUT2D eigenvalue weighted by Gasteiger charge is 2.31. The molecule has 2 heterocycles. The lowest BCUT2D eigenvalue weighted by Crippen LogP contribution is -2.23. The smallest absolute Gasteiger partial charge is 0.263 e. The first-order chi connectivity index (χ1) is 11.1. The fourth-order valence-electron chi connectivity index (χ4n) is 2.72. The molecule has 0 saturated carbocycles. The Morgan fingerprint density at radius 2 is 1.92 bits per heavy atom. The number of rotatable bonds is 2. The first kappa shape index (κ1) is 16.7. The molecule has 24 heavy (non-hydrogen) atoms. The lowest BCUT2D eigenvalue weighted by molar-refractivity contribution is 0.354. The Labute approximate surface area is 142 Å². The second-order valence-electron chi connectivity index (χ2n) is 7.04. The monoisotopic (exact) mass is 346 g/mol. The molecule has 1 atom stereocenters. The van der Waals surface area contributed by atoms with Gasteiger partial charge in [-0.25, -0.2) is 8.42 Å². The molecule has 0 bridgehead atoms. The molecule has 3 rings (SSSR count). The van der Waals surface area contributed by atoms with Gasteiger partial charge in [-0.1, -0.05) is 12.1 Å². The molecule has 0 saturated heterocycles. The van der Waals surface area contributed by atoms with Crippen LogP contribution < -0.4 is 4.72 Å². The Morgan fingerprint density at radius 3 is 2.54 bits per heavy atom. The van der Waals surface area contributed by atoms with Crippen LogP contribution in [0, 0.1) is 6.92 Å². The maximum atomic E-state index is 12.2. The van der Waals surface area contributed by atoms with Crippen LogP contribution in [0.15, 0.2) is 40.4 Å². The van der Waals surface area contributed by atoms with E-state index in [0.717, 1.165) is 11.3 Å². The third kappa shape index (κ3) is 2.84. The van der Waals surface area contributed by atoms with E-state index in [1.807, 2.05) is 30.8 Å². The zero-order chi connectivity index (χ0) is 17.7. The van der Waals surface area contributed by atoms with Crippen LogP contribution in [0.4, 0.5) is 0 Å². The molecular formula is C17H22N4O2S. The van der Waals surface area contributed by atoms with Gasteiger partial charge in [0.15, 0.2) is 0 Å². The highest BCUT2D eigenvalue weighted by atomic mass is 32.2. The summed E-state index contributed by atoms with van der Waals surface area (Å²) in [6, 6.07) is 6.68. The van der Waals surface area contributed by atoms with Gasteiger partial charge in [-0.15, -0.1) is 0 Å². The van der Waals surface area contributed by atoms with E-state index in [1.54, 1.807) is 18.2 Å². The molecule has 1 aliphatic rings. The van der Waals surface area contributed by atoms with Crippen molar-refractivity contribution in [3.05, 3.63) is 47.3 Å². The fraction of sp³-hybridized carbons (Fsp3) is 0.412. The predicted octanol–water partition coefficient (Wildman–Crippen LogP) is 2.75. The van der Waals surface area contributed by atoms with Gasteiger partial charge in [-0.3, -0.25) is 14.4 Å². The van der Waals surface area contributed by atoms with Gasteiger partial charge in [0, 0.05) is 17.3 Å². The summed E-state index contributed by atoms with van der Waals surface area (Å²) in [5.74, 6) is 0.390. The van der Waals surface area contributed by atoms with Crippen molar-refractivity contribution in [1.29, 1.82) is 0 Å². The molecule has 0 spiro atoms. The number of aryl methyl sites for hydroxylation is 1. The van der Waals surface area contributed by atoms with E-state index < -0.39 is 10.0 Å². The van der Waals surface area contributed by atoms with Crippen LogP contribution in [-0.2, 0) is 15.6 Å². The van der Waals surface area contributed by atoms with Crippen LogP contribution in [-0.4, -0.2) is 24.0 Å². The standard InChI is InChI=1S/C17H22N4O2S/c1-11(14-10-21(17(3,4)5)19-12(14)2)18-16-13-8-6-7-9-15(13)24(22,23)20-16/h6-11H,1-5H3,(H,18,20). The van der Waals surface area contributed by atoms with Crippen LogP contribution in [0.3, 0.4) is 0 Å². The topological polar surface area (TPSA) is 76.3 Å². The number of benzene rings is 1. The summed E-state index contributed by atoms with van der Waals surface area (Å²) in [6.45, 7) is 10.1. The summed E-state index contributed by atoms with van der Waals surface area (Å²) in [5, 5.41) is 4.56. The third-order valence-corrected chi connectivity index (χ3v) is 5.46. The van der Waals surface area contributed by atoms with Gasteiger partial charge in [0.2, 0.25) is 0 Å². The van der Waals surface area contributed by atoms with Gasteiger partial charge in [-0.2, -0.15) is 5.10 Å². The molecule has 7 heteroatoms. The molecule has 0 radical (unpaired) electrons. The summed E-state index contributed by atoms with van der Waals surface area (Å²) in [7, 11) is -3.51. The number of hydrogen-bond donors (Lipinski definition) is 1. The fourth-order valence-corrected chi connectivity index (χ4v) is 3.96. The second kappa shape index (κ2) is 5.44. The van der Waals surface area contributed by atoms with E-state index in [4.69, 9.17) is 0 Å². The van der Waals surface area contributed by atoms with Crippen LogP contribution in [0.5, 0.6) is 0 Å². The summed E-state index contributed by atoms with van der Waals surface area (Å²) in [5.41, 5.74) is 2.39. The summed E-state index contributed by atoms with van der Waals surface area (Å²) in [4.78, 5) is 4.89. The van der Waals surface area contributed by atoms with Gasteiger partial charge in [0.05, 0.1) is 22.2 Å². The van der Waals surface area contributed by atoms with Gasteiger partial charge in [0.25, 0.3) is 10.0 Å². The van der Waals surface area contributed by atoms with E-state index in [2.05, 4.69) is 35.6 Å². The van der Waals surface area contributed by atoms with E-state index in [-0.39, 0.29) is 16.5 Å². The average molecular weight is 346 g/mol. The Kier molecular flexibility index (Phi) is 3.79. The number of aromatic nitrogens is 2. The largest absolute Gasteiger partial charge is 0.267 e. The number of nitrogens with one attached hydrogen (secondary N) is 1. The number of nitrogens with zero attached hydrogens (tertiary/aromatic N) is 3. The van der Waals surface area contributed by atoms with Crippen LogP contribution in [0.2, 0.25) is 0 Å². The maximum Gasteiger partial charge on any atom is 0.263 e. The molecule has 6 nitrogen and oxygen atoms in total. The van der Waals surface area contributed by atoms with Crippen molar-refractivity contribution >= 4 is 15.9 Å². The normalized spacial score (nSPS) is 19.1. The molecule has 1 aromatic heterocycles. The molecule has 0 aliphatic carbocycles. The zero-order valence-electron chi connectivity index (χ0n) is 14.5. The molecule has 1 N–H and O–H groups in total. The Bertz CT molecular complexity index is 920. The molecule has 1 aromatic carbocycles. The van der Waals surface area contributed by atoms with Gasteiger partial charge >= 0.3 is 0 Å². The highest BCUT2D eigenvalue weighted by Crippen LogP contribution is 2.27. The summed E-state index contributed by atoms with van der Waals surface area (Å²) < 4.78 is 28.8. The van der Waals surface area contributed by atoms with Crippen molar-refractivity contribution < 1.29 is 8.42 Å². The number of sulfonamides is 1. The average Bonchev–Trinajstić information content (AvgIpc) is 2.98. The van der Waals surface area contributed by atoms with Crippen molar-refractivity contribution in [3.63, 3.8) is 0 Å². The summed E-state index contributed by atoms with van der Waals surface area (Å²) >= 11 is 0. The van der Waals surface area contributed by atoms with E-state index in [1.165, 1.54) is 0 Å². The first-order valence-corrected chi connectivity index (χ1v) is 9.34. The van der Waals surface area contributed by atoms with Crippen molar-refractivity contribution in [2.75, 3.05) is 0 Å². The van der Waals surface area contributed by atoms with E-state index >= 15 is 0 Å². The molecule has 1 unspecified atom stereocenters. The minimum atomic E-state index is -3.51. The first-order valence-electron chi connectivity index (χ1n) is 7.86. The molecule has 0 fully saturated rings. The molecule has 0 amide bonds. The highest BCUT2D eigenvalue weighted by molar-refractivity contribution is 7.90. The van der Waals surface area contributed by atoms with Crippen molar-refractivity contribution in [3.8, 4) is 0 Å². The number of aliphatic imine (C=N–C) groups is 1. The van der Waals surface area contributed by atoms with Crippen LogP contribution >= 0.6 is 0 Å². The van der Waals surface area contributed by atoms with Crippen molar-refractivity contribution in [2.45, 2.75) is 51.1 Å². The summed E-state index contributed by atoms with van der Waals surface area (Å²) in [6.07, 6.45) is 1.99.